The SMILES string of the molecule is Cc1cn(-c2c(F)cccc2F)nc1C(=O)N1CC(C(C)C)c2ccccc21. The maximum atomic E-state index is 14.1. The molecular formula is C22H21F2N3O. The highest BCUT2D eigenvalue weighted by molar-refractivity contribution is 6.07. The Bertz CT molecular complexity index is 1040. The summed E-state index contributed by atoms with van der Waals surface area (Å²) in [4.78, 5) is 15.0. The number of aryl methyl sites for hydroxylation is 1. The van der Waals surface area contributed by atoms with E-state index >= 15 is 0 Å². The number of fused-ring (bicyclic) bond motifs is 1. The third-order valence-electron chi connectivity index (χ3n) is 5.32. The Labute approximate surface area is 162 Å². The van der Waals surface area contributed by atoms with E-state index in [1.54, 1.807) is 11.8 Å². The number of nitrogens with zero attached hydrogens (tertiary/aromatic N) is 3. The predicted molar refractivity (Wildman–Crippen MR) is 104 cm³/mol. The summed E-state index contributed by atoms with van der Waals surface area (Å²) in [5.41, 5.74) is 2.49. The molecule has 0 fully saturated rings. The van der Waals surface area contributed by atoms with E-state index in [4.69, 9.17) is 0 Å². The number of hydrogen-bond donors (Lipinski definition) is 0. The summed E-state index contributed by atoms with van der Waals surface area (Å²) < 4.78 is 29.3. The van der Waals surface area contributed by atoms with Crippen molar-refractivity contribution in [1.29, 1.82) is 0 Å². The topological polar surface area (TPSA) is 38.1 Å². The monoisotopic (exact) mass is 381 g/mol. The van der Waals surface area contributed by atoms with Gasteiger partial charge in [-0.05, 0) is 36.6 Å². The number of hydrogen-bond acceptors (Lipinski definition) is 2. The van der Waals surface area contributed by atoms with Crippen LogP contribution >= 0.6 is 0 Å². The summed E-state index contributed by atoms with van der Waals surface area (Å²) >= 11 is 0. The third kappa shape index (κ3) is 2.89. The number of anilines is 1. The van der Waals surface area contributed by atoms with Gasteiger partial charge in [0, 0.05) is 29.9 Å². The van der Waals surface area contributed by atoms with Crippen LogP contribution in [0.15, 0.2) is 48.7 Å². The lowest BCUT2D eigenvalue weighted by molar-refractivity contribution is 0.0981. The van der Waals surface area contributed by atoms with Gasteiger partial charge in [-0.3, -0.25) is 4.79 Å². The van der Waals surface area contributed by atoms with Crippen LogP contribution in [0.25, 0.3) is 5.69 Å². The lowest BCUT2D eigenvalue weighted by atomic mass is 9.90. The molecule has 0 saturated carbocycles. The van der Waals surface area contributed by atoms with Crippen molar-refractivity contribution in [1.82, 2.24) is 9.78 Å². The van der Waals surface area contributed by atoms with Gasteiger partial charge in [-0.25, -0.2) is 13.5 Å². The van der Waals surface area contributed by atoms with E-state index < -0.39 is 11.6 Å². The second-order valence-corrected chi connectivity index (χ2v) is 7.50. The zero-order chi connectivity index (χ0) is 20.0. The Hall–Kier alpha value is -3.02. The number of halogens is 2. The molecular weight excluding hydrogens is 360 g/mol. The molecule has 6 heteroatoms. The molecule has 0 bridgehead atoms. The van der Waals surface area contributed by atoms with Crippen molar-refractivity contribution < 1.29 is 13.6 Å². The summed E-state index contributed by atoms with van der Waals surface area (Å²) in [7, 11) is 0. The van der Waals surface area contributed by atoms with Gasteiger partial charge in [0.1, 0.15) is 5.69 Å². The van der Waals surface area contributed by atoms with Crippen LogP contribution in [-0.4, -0.2) is 22.2 Å². The van der Waals surface area contributed by atoms with Crippen molar-refractivity contribution in [2.24, 2.45) is 5.92 Å². The van der Waals surface area contributed by atoms with Crippen molar-refractivity contribution in [3.63, 3.8) is 0 Å². The molecule has 28 heavy (non-hydrogen) atoms. The zero-order valence-electron chi connectivity index (χ0n) is 16.0. The van der Waals surface area contributed by atoms with Crippen LogP contribution in [0.1, 0.15) is 41.4 Å². The second-order valence-electron chi connectivity index (χ2n) is 7.50. The third-order valence-corrected chi connectivity index (χ3v) is 5.32. The molecule has 1 atom stereocenters. The fourth-order valence-corrected chi connectivity index (χ4v) is 3.82. The molecule has 1 amide bonds. The van der Waals surface area contributed by atoms with E-state index in [0.29, 0.717) is 18.0 Å². The average molecular weight is 381 g/mol. The minimum atomic E-state index is -0.729. The van der Waals surface area contributed by atoms with Crippen molar-refractivity contribution in [3.05, 3.63) is 77.1 Å². The van der Waals surface area contributed by atoms with Crippen LogP contribution in [0.2, 0.25) is 0 Å². The Balaban J connectivity index is 1.73. The first-order valence-electron chi connectivity index (χ1n) is 9.30. The van der Waals surface area contributed by atoms with Crippen LogP contribution < -0.4 is 4.90 Å². The number of carbonyl (C=O) groups excluding carboxylic acids is 1. The Morgan fingerprint density at radius 3 is 2.46 bits per heavy atom. The van der Waals surface area contributed by atoms with E-state index in [0.717, 1.165) is 15.9 Å². The normalized spacial score (nSPS) is 15.9. The molecule has 1 aliphatic rings. The van der Waals surface area contributed by atoms with Gasteiger partial charge >= 0.3 is 0 Å². The van der Waals surface area contributed by atoms with Crippen molar-refractivity contribution >= 4 is 11.6 Å². The van der Waals surface area contributed by atoms with E-state index in [9.17, 15) is 13.6 Å². The predicted octanol–water partition coefficient (Wildman–Crippen LogP) is 4.86. The van der Waals surface area contributed by atoms with Crippen LogP contribution in [0.4, 0.5) is 14.5 Å². The van der Waals surface area contributed by atoms with Crippen LogP contribution in [0.5, 0.6) is 0 Å². The summed E-state index contributed by atoms with van der Waals surface area (Å²) in [6, 6.07) is 11.5. The van der Waals surface area contributed by atoms with Crippen LogP contribution in [0, 0.1) is 24.5 Å². The molecule has 2 heterocycles. The van der Waals surface area contributed by atoms with Gasteiger partial charge in [0.25, 0.3) is 5.91 Å². The summed E-state index contributed by atoms with van der Waals surface area (Å²) in [5, 5.41) is 4.23. The van der Waals surface area contributed by atoms with Gasteiger partial charge in [-0.2, -0.15) is 5.10 Å². The standard InChI is InChI=1S/C22H21F2N3O/c1-13(2)16-12-26(19-10-5-4-7-15(16)19)22(28)20-14(3)11-27(25-20)21-17(23)8-6-9-18(21)24/h4-11,13,16H,12H2,1-3H3. The maximum absolute atomic E-state index is 14.1. The summed E-state index contributed by atoms with van der Waals surface area (Å²) in [5.74, 6) is -1.10. The van der Waals surface area contributed by atoms with Gasteiger partial charge in [0.15, 0.2) is 17.3 Å². The smallest absolute Gasteiger partial charge is 0.279 e. The molecule has 1 aliphatic heterocycles. The quantitative estimate of drug-likeness (QED) is 0.650. The highest BCUT2D eigenvalue weighted by Crippen LogP contribution is 2.40. The number of rotatable bonds is 3. The first-order chi connectivity index (χ1) is 13.4. The van der Waals surface area contributed by atoms with Gasteiger partial charge in [0.2, 0.25) is 0 Å². The van der Waals surface area contributed by atoms with Crippen molar-refractivity contribution in [2.45, 2.75) is 26.7 Å². The Kier molecular flexibility index (Phi) is 4.49. The molecule has 4 rings (SSSR count). The lowest BCUT2D eigenvalue weighted by Gasteiger charge is -2.18. The minimum Gasteiger partial charge on any atom is -0.306 e. The molecule has 0 radical (unpaired) electrons. The number of carbonyl (C=O) groups is 1. The highest BCUT2D eigenvalue weighted by atomic mass is 19.1. The minimum absolute atomic E-state index is 0.196. The Morgan fingerprint density at radius 1 is 1.11 bits per heavy atom. The van der Waals surface area contributed by atoms with E-state index in [-0.39, 0.29) is 23.2 Å². The highest BCUT2D eigenvalue weighted by Gasteiger charge is 2.35. The van der Waals surface area contributed by atoms with Gasteiger partial charge < -0.3 is 4.90 Å². The van der Waals surface area contributed by atoms with Crippen molar-refractivity contribution in [3.8, 4) is 5.69 Å². The maximum Gasteiger partial charge on any atom is 0.279 e. The average Bonchev–Trinajstić information content (AvgIpc) is 3.22. The molecule has 144 valence electrons. The van der Waals surface area contributed by atoms with E-state index in [1.807, 2.05) is 24.3 Å². The summed E-state index contributed by atoms with van der Waals surface area (Å²) in [6.45, 7) is 6.56. The number of benzene rings is 2. The van der Waals surface area contributed by atoms with E-state index in [1.165, 1.54) is 24.4 Å². The molecule has 0 saturated heterocycles. The van der Waals surface area contributed by atoms with Crippen LogP contribution in [0.3, 0.4) is 0 Å². The molecule has 0 N–H and O–H groups in total. The molecule has 1 unspecified atom stereocenters. The fourth-order valence-electron chi connectivity index (χ4n) is 3.82. The first-order valence-corrected chi connectivity index (χ1v) is 9.30. The zero-order valence-corrected chi connectivity index (χ0v) is 16.0. The summed E-state index contributed by atoms with van der Waals surface area (Å²) in [6.07, 6.45) is 1.48. The second kappa shape index (κ2) is 6.86. The largest absolute Gasteiger partial charge is 0.306 e. The fraction of sp³-hybridized carbons (Fsp3) is 0.273. The first kappa shape index (κ1) is 18.3. The molecule has 0 spiro atoms. The molecule has 4 nitrogen and oxygen atoms in total. The number of aromatic nitrogens is 2. The molecule has 1 aromatic heterocycles. The molecule has 0 aliphatic carbocycles. The number of para-hydroxylation sites is 2. The molecule has 3 aromatic rings. The van der Waals surface area contributed by atoms with E-state index in [2.05, 4.69) is 18.9 Å². The van der Waals surface area contributed by atoms with Gasteiger partial charge in [-0.1, -0.05) is 38.1 Å². The molecule has 2 aromatic carbocycles. The Morgan fingerprint density at radius 2 is 1.79 bits per heavy atom. The van der Waals surface area contributed by atoms with Gasteiger partial charge in [-0.15, -0.1) is 0 Å². The van der Waals surface area contributed by atoms with Gasteiger partial charge in [0.05, 0.1) is 0 Å². The lowest BCUT2D eigenvalue weighted by Crippen LogP contribution is -2.31. The van der Waals surface area contributed by atoms with Crippen molar-refractivity contribution in [2.75, 3.05) is 11.4 Å². The number of amides is 1. The van der Waals surface area contributed by atoms with Crippen LogP contribution in [-0.2, 0) is 0 Å².